The average molecular weight is 237 g/mol. The van der Waals surface area contributed by atoms with Gasteiger partial charge in [0.2, 0.25) is 0 Å². The summed E-state index contributed by atoms with van der Waals surface area (Å²) < 4.78 is 38.7. The van der Waals surface area contributed by atoms with E-state index in [1.807, 2.05) is 13.8 Å². The Morgan fingerprint density at radius 2 is 1.60 bits per heavy atom. The van der Waals surface area contributed by atoms with Gasteiger partial charge in [-0.2, -0.15) is 0 Å². The van der Waals surface area contributed by atoms with Gasteiger partial charge in [0.1, 0.15) is 5.82 Å². The predicted molar refractivity (Wildman–Crippen MR) is 54.4 cm³/mol. The summed E-state index contributed by atoms with van der Waals surface area (Å²) in [6.45, 7) is 3.85. The quantitative estimate of drug-likeness (QED) is 0.538. The zero-order chi connectivity index (χ0) is 11.6. The van der Waals surface area contributed by atoms with Gasteiger partial charge in [0.25, 0.3) is 0 Å². The Hall–Kier alpha value is -0.700. The molecule has 0 N–H and O–H groups in total. The Kier molecular flexibility index (Phi) is 4.03. The smallest absolute Gasteiger partial charge is 0.161 e. The maximum atomic E-state index is 13.2. The predicted octanol–water partition coefficient (Wildman–Crippen LogP) is 4.43. The molecular weight excluding hydrogens is 225 g/mol. The van der Waals surface area contributed by atoms with Gasteiger partial charge in [-0.05, 0) is 18.4 Å². The van der Waals surface area contributed by atoms with Crippen molar-refractivity contribution in [1.29, 1.82) is 0 Å². The Morgan fingerprint density at radius 1 is 1.07 bits per heavy atom. The molecule has 1 aromatic carbocycles. The molecule has 1 aromatic rings. The van der Waals surface area contributed by atoms with Crippen LogP contribution in [0, 0.1) is 23.4 Å². The summed E-state index contributed by atoms with van der Waals surface area (Å²) in [4.78, 5) is 0. The van der Waals surface area contributed by atoms with Crippen molar-refractivity contribution in [2.24, 2.45) is 5.92 Å². The van der Waals surface area contributed by atoms with Crippen LogP contribution < -0.4 is 0 Å². The van der Waals surface area contributed by atoms with Gasteiger partial charge in [-0.1, -0.05) is 13.8 Å². The summed E-state index contributed by atoms with van der Waals surface area (Å²) in [6.07, 6.45) is 0.517. The number of hydrogen-bond acceptors (Lipinski definition) is 0. The van der Waals surface area contributed by atoms with E-state index in [0.717, 1.165) is 6.07 Å². The number of halogens is 4. The van der Waals surface area contributed by atoms with Crippen LogP contribution in [0.5, 0.6) is 0 Å². The molecule has 1 unspecified atom stereocenters. The molecule has 0 aliphatic rings. The molecule has 1 atom stereocenters. The highest BCUT2D eigenvalue weighted by molar-refractivity contribution is 6.20. The fraction of sp³-hybridized carbons (Fsp3) is 0.455. The number of benzene rings is 1. The third-order valence-corrected chi connectivity index (χ3v) is 2.47. The molecule has 0 aliphatic carbocycles. The molecule has 0 saturated carbocycles. The fourth-order valence-electron chi connectivity index (χ4n) is 1.32. The van der Waals surface area contributed by atoms with Crippen LogP contribution in [0.3, 0.4) is 0 Å². The van der Waals surface area contributed by atoms with Crippen molar-refractivity contribution in [3.63, 3.8) is 0 Å². The largest absolute Gasteiger partial charge is 0.207 e. The van der Waals surface area contributed by atoms with Crippen molar-refractivity contribution < 1.29 is 13.2 Å². The SMILES string of the molecule is CC(C)CC(Cl)c1cc(F)c(F)cc1F. The average Bonchev–Trinajstić information content (AvgIpc) is 2.09. The van der Waals surface area contributed by atoms with Gasteiger partial charge in [-0.25, -0.2) is 13.2 Å². The minimum atomic E-state index is -1.19. The maximum Gasteiger partial charge on any atom is 0.161 e. The summed E-state index contributed by atoms with van der Waals surface area (Å²) in [5.41, 5.74) is 0.0178. The summed E-state index contributed by atoms with van der Waals surface area (Å²) in [5.74, 6) is -2.79. The Labute approximate surface area is 92.1 Å². The lowest BCUT2D eigenvalue weighted by molar-refractivity contribution is 0.483. The lowest BCUT2D eigenvalue weighted by Crippen LogP contribution is -2.01. The Morgan fingerprint density at radius 3 is 2.13 bits per heavy atom. The van der Waals surface area contributed by atoms with Crippen LogP contribution in [0.25, 0.3) is 0 Å². The number of alkyl halides is 1. The lowest BCUT2D eigenvalue weighted by atomic mass is 10.0. The van der Waals surface area contributed by atoms with Crippen LogP contribution in [0.15, 0.2) is 12.1 Å². The Bertz CT molecular complexity index is 350. The van der Waals surface area contributed by atoms with Crippen molar-refractivity contribution >= 4 is 11.6 Å². The van der Waals surface area contributed by atoms with Gasteiger partial charge in [0, 0.05) is 11.6 Å². The highest BCUT2D eigenvalue weighted by Crippen LogP contribution is 2.30. The minimum Gasteiger partial charge on any atom is -0.207 e. The molecule has 0 bridgehead atoms. The second kappa shape index (κ2) is 4.88. The van der Waals surface area contributed by atoms with E-state index < -0.39 is 22.8 Å². The van der Waals surface area contributed by atoms with E-state index in [4.69, 9.17) is 11.6 Å². The van der Waals surface area contributed by atoms with Gasteiger partial charge in [-0.15, -0.1) is 11.6 Å². The molecule has 0 aliphatic heterocycles. The van der Waals surface area contributed by atoms with Crippen molar-refractivity contribution in [1.82, 2.24) is 0 Å². The molecular formula is C11H12ClF3. The van der Waals surface area contributed by atoms with Gasteiger partial charge < -0.3 is 0 Å². The monoisotopic (exact) mass is 236 g/mol. The molecule has 0 aromatic heterocycles. The first-order valence-corrected chi connectivity index (χ1v) is 5.14. The molecule has 0 amide bonds. The van der Waals surface area contributed by atoms with Crippen LogP contribution in [-0.4, -0.2) is 0 Å². The molecule has 4 heteroatoms. The molecule has 0 saturated heterocycles. The standard InChI is InChI=1S/C11H12ClF3/c1-6(2)3-8(12)7-4-10(14)11(15)5-9(7)13/h4-6,8H,3H2,1-2H3. The Balaban J connectivity index is 2.98. The van der Waals surface area contributed by atoms with E-state index in [1.165, 1.54) is 0 Å². The normalized spacial score (nSPS) is 13.3. The van der Waals surface area contributed by atoms with E-state index >= 15 is 0 Å². The third-order valence-electron chi connectivity index (χ3n) is 2.06. The zero-order valence-corrected chi connectivity index (χ0v) is 9.28. The summed E-state index contributed by atoms with van der Waals surface area (Å²) in [6, 6.07) is 1.35. The van der Waals surface area contributed by atoms with Gasteiger partial charge in [0.15, 0.2) is 11.6 Å². The second-order valence-electron chi connectivity index (χ2n) is 3.88. The van der Waals surface area contributed by atoms with Crippen LogP contribution in [0.4, 0.5) is 13.2 Å². The van der Waals surface area contributed by atoms with Gasteiger partial charge in [0.05, 0.1) is 5.38 Å². The topological polar surface area (TPSA) is 0 Å². The van der Waals surface area contributed by atoms with Gasteiger partial charge in [-0.3, -0.25) is 0 Å². The molecule has 0 heterocycles. The van der Waals surface area contributed by atoms with Crippen molar-refractivity contribution in [3.8, 4) is 0 Å². The van der Waals surface area contributed by atoms with Crippen molar-refractivity contribution in [2.45, 2.75) is 25.6 Å². The van der Waals surface area contributed by atoms with Crippen molar-refractivity contribution in [2.75, 3.05) is 0 Å². The molecule has 0 spiro atoms. The first-order valence-electron chi connectivity index (χ1n) is 4.70. The first-order chi connectivity index (χ1) is 6.91. The molecule has 1 rings (SSSR count). The number of rotatable bonds is 3. The lowest BCUT2D eigenvalue weighted by Gasteiger charge is -2.13. The van der Waals surface area contributed by atoms with Crippen LogP contribution in [0.1, 0.15) is 31.2 Å². The van der Waals surface area contributed by atoms with E-state index in [2.05, 4.69) is 0 Å². The summed E-state index contributed by atoms with van der Waals surface area (Å²) in [7, 11) is 0. The van der Waals surface area contributed by atoms with Gasteiger partial charge >= 0.3 is 0 Å². The van der Waals surface area contributed by atoms with E-state index in [0.29, 0.717) is 12.5 Å². The highest BCUT2D eigenvalue weighted by Gasteiger charge is 2.17. The fourth-order valence-corrected chi connectivity index (χ4v) is 1.84. The zero-order valence-electron chi connectivity index (χ0n) is 8.53. The van der Waals surface area contributed by atoms with Crippen LogP contribution in [0.2, 0.25) is 0 Å². The van der Waals surface area contributed by atoms with E-state index in [9.17, 15) is 13.2 Å². The molecule has 0 radical (unpaired) electrons. The summed E-state index contributed by atoms with van der Waals surface area (Å²) >= 11 is 5.90. The van der Waals surface area contributed by atoms with Crippen LogP contribution >= 0.6 is 11.6 Å². The van der Waals surface area contributed by atoms with E-state index in [-0.39, 0.29) is 11.5 Å². The third kappa shape index (κ3) is 3.13. The maximum absolute atomic E-state index is 13.2. The van der Waals surface area contributed by atoms with E-state index in [1.54, 1.807) is 0 Å². The van der Waals surface area contributed by atoms with Crippen LogP contribution in [-0.2, 0) is 0 Å². The molecule has 0 fully saturated rings. The highest BCUT2D eigenvalue weighted by atomic mass is 35.5. The summed E-state index contributed by atoms with van der Waals surface area (Å²) in [5, 5.41) is -0.625. The molecule has 84 valence electrons. The first kappa shape index (κ1) is 12.4. The molecule has 0 nitrogen and oxygen atoms in total. The number of hydrogen-bond donors (Lipinski definition) is 0. The molecule has 15 heavy (non-hydrogen) atoms. The minimum absolute atomic E-state index is 0.0178. The van der Waals surface area contributed by atoms with Crippen molar-refractivity contribution in [3.05, 3.63) is 35.1 Å². The second-order valence-corrected chi connectivity index (χ2v) is 4.41.